The lowest BCUT2D eigenvalue weighted by Gasteiger charge is -2.31. The van der Waals surface area contributed by atoms with Crippen LogP contribution < -0.4 is 5.32 Å². The van der Waals surface area contributed by atoms with Crippen molar-refractivity contribution in [2.24, 2.45) is 0 Å². The Morgan fingerprint density at radius 1 is 1.07 bits per heavy atom. The van der Waals surface area contributed by atoms with Crippen molar-refractivity contribution in [1.82, 2.24) is 10.2 Å². The standard InChI is InChI=1S/C21H24F2N2O.ClH/c22-21(23)8-12-25(13-9-21)20(26)17-4-5-19-16(14-17)2-1-3-18(19)15-6-10-24-11-7-15;/h1-5,14-15,24H,6-13H2;1H. The van der Waals surface area contributed by atoms with Crippen LogP contribution in [0.3, 0.4) is 0 Å². The van der Waals surface area contributed by atoms with Crippen molar-refractivity contribution in [3.63, 3.8) is 0 Å². The number of hydrogen-bond acceptors (Lipinski definition) is 2. The van der Waals surface area contributed by atoms with Gasteiger partial charge in [-0.3, -0.25) is 4.79 Å². The molecule has 27 heavy (non-hydrogen) atoms. The van der Waals surface area contributed by atoms with Crippen molar-refractivity contribution >= 4 is 29.1 Å². The van der Waals surface area contributed by atoms with Gasteiger partial charge in [-0.15, -0.1) is 12.4 Å². The van der Waals surface area contributed by atoms with Gasteiger partial charge in [0.15, 0.2) is 0 Å². The lowest BCUT2D eigenvalue weighted by Crippen LogP contribution is -2.42. The lowest BCUT2D eigenvalue weighted by molar-refractivity contribution is -0.0494. The van der Waals surface area contributed by atoms with E-state index >= 15 is 0 Å². The molecule has 0 saturated carbocycles. The van der Waals surface area contributed by atoms with Gasteiger partial charge in [0.25, 0.3) is 11.8 Å². The third kappa shape index (κ3) is 4.25. The van der Waals surface area contributed by atoms with Crippen LogP contribution in [0.2, 0.25) is 0 Å². The van der Waals surface area contributed by atoms with Gasteiger partial charge in [-0.05, 0) is 60.3 Å². The van der Waals surface area contributed by atoms with Crippen LogP contribution in [-0.4, -0.2) is 42.9 Å². The van der Waals surface area contributed by atoms with E-state index in [2.05, 4.69) is 17.4 Å². The first-order chi connectivity index (χ1) is 12.5. The van der Waals surface area contributed by atoms with Crippen LogP contribution in [0.4, 0.5) is 8.78 Å². The number of amides is 1. The predicted molar refractivity (Wildman–Crippen MR) is 106 cm³/mol. The number of carbonyl (C=O) groups excluding carboxylic acids is 1. The Kier molecular flexibility index (Phi) is 6.02. The molecule has 2 aromatic rings. The molecule has 1 amide bonds. The Labute approximate surface area is 164 Å². The lowest BCUT2D eigenvalue weighted by atomic mass is 9.86. The summed E-state index contributed by atoms with van der Waals surface area (Å²) >= 11 is 0. The maximum Gasteiger partial charge on any atom is 0.253 e. The van der Waals surface area contributed by atoms with Gasteiger partial charge in [0.2, 0.25) is 0 Å². The van der Waals surface area contributed by atoms with Gasteiger partial charge in [0.05, 0.1) is 0 Å². The van der Waals surface area contributed by atoms with Gasteiger partial charge < -0.3 is 10.2 Å². The first-order valence-electron chi connectivity index (χ1n) is 9.44. The molecule has 0 bridgehead atoms. The number of hydrogen-bond donors (Lipinski definition) is 1. The molecule has 0 atom stereocenters. The first-order valence-corrected chi connectivity index (χ1v) is 9.44. The summed E-state index contributed by atoms with van der Waals surface area (Å²) in [6.07, 6.45) is 1.77. The van der Waals surface area contributed by atoms with Crippen LogP contribution in [0.5, 0.6) is 0 Å². The fourth-order valence-corrected chi connectivity index (χ4v) is 4.15. The molecule has 0 radical (unpaired) electrons. The molecule has 2 fully saturated rings. The Bertz CT molecular complexity index is 811. The van der Waals surface area contributed by atoms with E-state index in [0.717, 1.165) is 31.3 Å². The van der Waals surface area contributed by atoms with Crippen LogP contribution in [0.25, 0.3) is 10.8 Å². The molecule has 4 rings (SSSR count). The number of nitrogens with one attached hydrogen (secondary N) is 1. The van der Waals surface area contributed by atoms with Crippen molar-refractivity contribution in [1.29, 1.82) is 0 Å². The van der Waals surface area contributed by atoms with E-state index in [1.54, 1.807) is 4.90 Å². The van der Waals surface area contributed by atoms with E-state index in [1.807, 2.05) is 24.3 Å². The highest BCUT2D eigenvalue weighted by Crippen LogP contribution is 2.33. The Hall–Kier alpha value is -1.72. The second-order valence-electron chi connectivity index (χ2n) is 7.46. The maximum absolute atomic E-state index is 13.3. The molecule has 2 aliphatic heterocycles. The fourth-order valence-electron chi connectivity index (χ4n) is 4.15. The molecule has 0 unspecified atom stereocenters. The predicted octanol–water partition coefficient (Wildman–Crippen LogP) is 4.60. The average molecular weight is 395 g/mol. The molecule has 2 heterocycles. The second-order valence-corrected chi connectivity index (χ2v) is 7.46. The number of halogens is 3. The second kappa shape index (κ2) is 8.11. The highest BCUT2D eigenvalue weighted by molar-refractivity contribution is 5.99. The zero-order chi connectivity index (χ0) is 18.1. The molecule has 0 spiro atoms. The first kappa shape index (κ1) is 20.0. The molecule has 3 nitrogen and oxygen atoms in total. The summed E-state index contributed by atoms with van der Waals surface area (Å²) in [6.45, 7) is 2.33. The number of likely N-dealkylation sites (tertiary alicyclic amines) is 1. The Morgan fingerprint density at radius 3 is 2.48 bits per heavy atom. The number of piperidine rings is 2. The summed E-state index contributed by atoms with van der Waals surface area (Å²) in [5.41, 5.74) is 1.94. The molecule has 2 saturated heterocycles. The molecular formula is C21H25ClF2N2O. The largest absolute Gasteiger partial charge is 0.338 e. The number of fused-ring (bicyclic) bond motifs is 1. The van der Waals surface area contributed by atoms with Gasteiger partial charge in [-0.2, -0.15) is 0 Å². The number of rotatable bonds is 2. The minimum Gasteiger partial charge on any atom is -0.338 e. The highest BCUT2D eigenvalue weighted by atomic mass is 35.5. The number of benzene rings is 2. The van der Waals surface area contributed by atoms with Gasteiger partial charge in [0.1, 0.15) is 0 Å². The smallest absolute Gasteiger partial charge is 0.253 e. The van der Waals surface area contributed by atoms with Crippen molar-refractivity contribution in [2.75, 3.05) is 26.2 Å². The van der Waals surface area contributed by atoms with Crippen LogP contribution in [-0.2, 0) is 0 Å². The molecule has 146 valence electrons. The van der Waals surface area contributed by atoms with E-state index in [9.17, 15) is 13.6 Å². The van der Waals surface area contributed by atoms with Crippen LogP contribution in [0.1, 0.15) is 47.5 Å². The van der Waals surface area contributed by atoms with Gasteiger partial charge in [-0.25, -0.2) is 8.78 Å². The molecule has 0 aliphatic carbocycles. The zero-order valence-electron chi connectivity index (χ0n) is 15.2. The molecular weight excluding hydrogens is 370 g/mol. The normalized spacial score (nSPS) is 20.3. The quantitative estimate of drug-likeness (QED) is 0.807. The molecule has 1 N–H and O–H groups in total. The van der Waals surface area contributed by atoms with Gasteiger partial charge in [0, 0.05) is 31.5 Å². The summed E-state index contributed by atoms with van der Waals surface area (Å²) in [6, 6.07) is 12.1. The zero-order valence-corrected chi connectivity index (χ0v) is 16.0. The van der Waals surface area contributed by atoms with Crippen LogP contribution in [0.15, 0.2) is 36.4 Å². The number of carbonyl (C=O) groups is 1. The average Bonchev–Trinajstić information content (AvgIpc) is 2.67. The van der Waals surface area contributed by atoms with Crippen molar-refractivity contribution in [2.45, 2.75) is 37.5 Å². The molecule has 6 heteroatoms. The van der Waals surface area contributed by atoms with Crippen molar-refractivity contribution < 1.29 is 13.6 Å². The summed E-state index contributed by atoms with van der Waals surface area (Å²) in [7, 11) is 0. The van der Waals surface area contributed by atoms with Crippen molar-refractivity contribution in [3.05, 3.63) is 47.5 Å². The van der Waals surface area contributed by atoms with E-state index in [1.165, 1.54) is 10.9 Å². The third-order valence-corrected chi connectivity index (χ3v) is 5.72. The molecule has 0 aromatic heterocycles. The van der Waals surface area contributed by atoms with E-state index in [-0.39, 0.29) is 44.2 Å². The Balaban J connectivity index is 0.00000210. The summed E-state index contributed by atoms with van der Waals surface area (Å²) < 4.78 is 26.7. The SMILES string of the molecule is Cl.O=C(c1ccc2c(C3CCNCC3)cccc2c1)N1CCC(F)(F)CC1. The van der Waals surface area contributed by atoms with Crippen molar-refractivity contribution in [3.8, 4) is 0 Å². The monoisotopic (exact) mass is 394 g/mol. The molecule has 2 aromatic carbocycles. The van der Waals surface area contributed by atoms with Gasteiger partial charge >= 0.3 is 0 Å². The van der Waals surface area contributed by atoms with Crippen LogP contribution in [0, 0.1) is 0 Å². The summed E-state index contributed by atoms with van der Waals surface area (Å²) in [5, 5.41) is 5.64. The topological polar surface area (TPSA) is 32.3 Å². The highest BCUT2D eigenvalue weighted by Gasteiger charge is 2.35. The summed E-state index contributed by atoms with van der Waals surface area (Å²) in [5.74, 6) is -2.23. The number of nitrogens with zero attached hydrogens (tertiary/aromatic N) is 1. The minimum atomic E-state index is -2.64. The van der Waals surface area contributed by atoms with Crippen LogP contribution >= 0.6 is 12.4 Å². The Morgan fingerprint density at radius 2 is 1.78 bits per heavy atom. The summed E-state index contributed by atoms with van der Waals surface area (Å²) in [4.78, 5) is 14.3. The molecule has 2 aliphatic rings. The maximum atomic E-state index is 13.3. The fraction of sp³-hybridized carbons (Fsp3) is 0.476. The van der Waals surface area contributed by atoms with E-state index in [4.69, 9.17) is 0 Å². The van der Waals surface area contributed by atoms with E-state index < -0.39 is 5.92 Å². The van der Waals surface area contributed by atoms with Gasteiger partial charge in [-0.1, -0.05) is 24.3 Å². The minimum absolute atomic E-state index is 0. The number of alkyl halides is 2. The van der Waals surface area contributed by atoms with E-state index in [0.29, 0.717) is 11.5 Å². The third-order valence-electron chi connectivity index (χ3n) is 5.72.